The first-order valence-corrected chi connectivity index (χ1v) is 15.4. The zero-order chi connectivity index (χ0) is 30.7. The Balaban J connectivity index is 1.44. The quantitative estimate of drug-likeness (QED) is 0.0846. The Labute approximate surface area is 259 Å². The number of carbonyl (C=O) groups is 2. The minimum Gasteiger partial charge on any atom is -0.491 e. The van der Waals surface area contributed by atoms with Gasteiger partial charge in [-0.05, 0) is 66.6 Å². The predicted molar refractivity (Wildman–Crippen MR) is 175 cm³/mol. The van der Waals surface area contributed by atoms with Gasteiger partial charge in [0.25, 0.3) is 0 Å². The molecule has 1 aromatic heterocycles. The fourth-order valence-electron chi connectivity index (χ4n) is 5.42. The van der Waals surface area contributed by atoms with E-state index in [1.54, 1.807) is 6.92 Å². The normalized spacial score (nSPS) is 11.0. The summed E-state index contributed by atoms with van der Waals surface area (Å²) < 4.78 is 17.4. The summed E-state index contributed by atoms with van der Waals surface area (Å²) in [6.45, 7) is 4.43. The third-order valence-electron chi connectivity index (χ3n) is 7.63. The standard InChI is InChI=1S/C38H39NO5/c1-3-5-20-35-32(31-19-11-12-21-34(31)44-35)25-28-17-9-10-18-30(28)29-22-23-36(33(26-29)39-37(40)38(41)42-4-2)43-24-13-16-27-14-7-6-8-15-27/h6-12,14-15,17-19,21-23,26H,3-5,13,16,20,24-25H2,1-2H3,(H,39,40). The highest BCUT2D eigenvalue weighted by Gasteiger charge is 2.20. The van der Waals surface area contributed by atoms with Crippen LogP contribution < -0.4 is 10.1 Å². The molecule has 0 saturated carbocycles. The highest BCUT2D eigenvalue weighted by atomic mass is 16.5. The molecule has 0 spiro atoms. The number of benzene rings is 4. The predicted octanol–water partition coefficient (Wildman–Crippen LogP) is 8.55. The second-order valence-corrected chi connectivity index (χ2v) is 10.8. The number of carbonyl (C=O) groups excluding carboxylic acids is 2. The van der Waals surface area contributed by atoms with Crippen molar-refractivity contribution in [2.45, 2.75) is 52.4 Å². The second kappa shape index (κ2) is 15.1. The Morgan fingerprint density at radius 2 is 1.59 bits per heavy atom. The van der Waals surface area contributed by atoms with Crippen LogP contribution in [0.25, 0.3) is 22.1 Å². The first-order valence-electron chi connectivity index (χ1n) is 15.4. The number of esters is 1. The van der Waals surface area contributed by atoms with E-state index in [0.717, 1.165) is 65.5 Å². The number of hydrogen-bond acceptors (Lipinski definition) is 5. The average Bonchev–Trinajstić information content (AvgIpc) is 3.40. The Hall–Kier alpha value is -4.84. The molecular weight excluding hydrogens is 550 g/mol. The molecule has 0 aliphatic rings. The van der Waals surface area contributed by atoms with Crippen LogP contribution in [0.15, 0.2) is 101 Å². The lowest BCUT2D eigenvalue weighted by Gasteiger charge is -2.16. The van der Waals surface area contributed by atoms with E-state index in [9.17, 15) is 9.59 Å². The van der Waals surface area contributed by atoms with Gasteiger partial charge in [-0.25, -0.2) is 4.79 Å². The fraction of sp³-hybridized carbons (Fsp3) is 0.263. The Bertz CT molecular complexity index is 1710. The number of anilines is 1. The van der Waals surface area contributed by atoms with E-state index in [0.29, 0.717) is 24.5 Å². The Kier molecular flexibility index (Phi) is 10.5. The number of ether oxygens (including phenoxy) is 2. The minimum absolute atomic E-state index is 0.117. The largest absolute Gasteiger partial charge is 0.491 e. The van der Waals surface area contributed by atoms with Crippen molar-refractivity contribution in [1.29, 1.82) is 0 Å². The summed E-state index contributed by atoms with van der Waals surface area (Å²) in [6.07, 6.45) is 5.43. The van der Waals surface area contributed by atoms with Crippen molar-refractivity contribution in [3.8, 4) is 16.9 Å². The zero-order valence-corrected chi connectivity index (χ0v) is 25.4. The molecule has 226 valence electrons. The van der Waals surface area contributed by atoms with Crippen LogP contribution >= 0.6 is 0 Å². The van der Waals surface area contributed by atoms with Crippen LogP contribution in [0.3, 0.4) is 0 Å². The van der Waals surface area contributed by atoms with Gasteiger partial charge < -0.3 is 19.2 Å². The molecule has 1 heterocycles. The maximum atomic E-state index is 12.7. The van der Waals surface area contributed by atoms with Crippen LogP contribution in [0, 0.1) is 0 Å². The molecule has 0 unspecified atom stereocenters. The van der Waals surface area contributed by atoms with Crippen LogP contribution in [0.2, 0.25) is 0 Å². The number of hydrogen-bond donors (Lipinski definition) is 1. The molecule has 5 rings (SSSR count). The van der Waals surface area contributed by atoms with E-state index in [1.165, 1.54) is 11.1 Å². The molecular formula is C38H39NO5. The SMILES string of the molecule is CCCCc1oc2ccccc2c1Cc1ccccc1-c1ccc(OCCCc2ccccc2)c(NC(=O)C(=O)OCC)c1. The zero-order valence-electron chi connectivity index (χ0n) is 25.4. The van der Waals surface area contributed by atoms with Crippen molar-refractivity contribution >= 4 is 28.5 Å². The number of furan rings is 1. The molecule has 5 aromatic rings. The van der Waals surface area contributed by atoms with Gasteiger partial charge in [0.1, 0.15) is 17.1 Å². The molecule has 1 amide bonds. The van der Waals surface area contributed by atoms with E-state index in [2.05, 4.69) is 42.6 Å². The van der Waals surface area contributed by atoms with Gasteiger partial charge in [0.2, 0.25) is 0 Å². The topological polar surface area (TPSA) is 77.8 Å². The molecule has 6 heteroatoms. The van der Waals surface area contributed by atoms with Crippen LogP contribution in [0.5, 0.6) is 5.75 Å². The van der Waals surface area contributed by atoms with E-state index in [4.69, 9.17) is 13.9 Å². The molecule has 1 N–H and O–H groups in total. The van der Waals surface area contributed by atoms with Crippen molar-refractivity contribution in [3.05, 3.63) is 120 Å². The van der Waals surface area contributed by atoms with E-state index >= 15 is 0 Å². The van der Waals surface area contributed by atoms with Crippen LogP contribution in [-0.2, 0) is 33.6 Å². The summed E-state index contributed by atoms with van der Waals surface area (Å²) >= 11 is 0. The lowest BCUT2D eigenvalue weighted by atomic mass is 9.93. The maximum Gasteiger partial charge on any atom is 0.397 e. The summed E-state index contributed by atoms with van der Waals surface area (Å²) in [4.78, 5) is 24.9. The Morgan fingerprint density at radius 1 is 0.818 bits per heavy atom. The third-order valence-corrected chi connectivity index (χ3v) is 7.63. The fourth-order valence-corrected chi connectivity index (χ4v) is 5.42. The van der Waals surface area contributed by atoms with Gasteiger partial charge in [-0.3, -0.25) is 4.79 Å². The van der Waals surface area contributed by atoms with Crippen molar-refractivity contribution in [1.82, 2.24) is 0 Å². The molecule has 0 aliphatic carbocycles. The average molecular weight is 590 g/mol. The first kappa shape index (κ1) is 30.6. The summed E-state index contributed by atoms with van der Waals surface area (Å²) in [7, 11) is 0. The molecule has 0 bridgehead atoms. The summed E-state index contributed by atoms with van der Waals surface area (Å²) in [5.74, 6) is -0.235. The molecule has 0 radical (unpaired) electrons. The highest BCUT2D eigenvalue weighted by molar-refractivity contribution is 6.37. The van der Waals surface area contributed by atoms with Crippen molar-refractivity contribution in [3.63, 3.8) is 0 Å². The number of para-hydroxylation sites is 1. The van der Waals surface area contributed by atoms with Crippen molar-refractivity contribution < 1.29 is 23.5 Å². The van der Waals surface area contributed by atoms with Gasteiger partial charge in [-0.1, -0.05) is 92.2 Å². The van der Waals surface area contributed by atoms with Crippen LogP contribution in [-0.4, -0.2) is 25.1 Å². The minimum atomic E-state index is -0.931. The van der Waals surface area contributed by atoms with Gasteiger partial charge in [-0.15, -0.1) is 0 Å². The van der Waals surface area contributed by atoms with Crippen molar-refractivity contribution in [2.24, 2.45) is 0 Å². The number of amides is 1. The van der Waals surface area contributed by atoms with Gasteiger partial charge >= 0.3 is 11.9 Å². The van der Waals surface area contributed by atoms with Gasteiger partial charge in [0.15, 0.2) is 0 Å². The third kappa shape index (κ3) is 7.56. The smallest absolute Gasteiger partial charge is 0.397 e. The molecule has 6 nitrogen and oxygen atoms in total. The van der Waals surface area contributed by atoms with Gasteiger partial charge in [0.05, 0.1) is 18.9 Å². The highest BCUT2D eigenvalue weighted by Crippen LogP contribution is 2.36. The van der Waals surface area contributed by atoms with Gasteiger partial charge in [0, 0.05) is 23.8 Å². The van der Waals surface area contributed by atoms with E-state index in [1.807, 2.05) is 66.7 Å². The monoisotopic (exact) mass is 589 g/mol. The molecule has 44 heavy (non-hydrogen) atoms. The summed E-state index contributed by atoms with van der Waals surface area (Å²) in [5, 5.41) is 3.87. The second-order valence-electron chi connectivity index (χ2n) is 10.8. The number of nitrogens with one attached hydrogen (secondary N) is 1. The maximum absolute atomic E-state index is 12.7. The Morgan fingerprint density at radius 3 is 2.41 bits per heavy atom. The van der Waals surface area contributed by atoms with Gasteiger partial charge in [-0.2, -0.15) is 0 Å². The first-order chi connectivity index (χ1) is 21.6. The molecule has 4 aromatic carbocycles. The molecule has 0 saturated heterocycles. The van der Waals surface area contributed by atoms with E-state index in [-0.39, 0.29) is 6.61 Å². The summed E-state index contributed by atoms with van der Waals surface area (Å²) in [6, 6.07) is 32.4. The number of rotatable bonds is 13. The summed E-state index contributed by atoms with van der Waals surface area (Å²) in [5.41, 5.74) is 6.84. The lowest BCUT2D eigenvalue weighted by molar-refractivity contribution is -0.152. The molecule has 0 fully saturated rings. The van der Waals surface area contributed by atoms with Crippen LogP contribution in [0.4, 0.5) is 5.69 Å². The van der Waals surface area contributed by atoms with Crippen LogP contribution in [0.1, 0.15) is 55.6 Å². The lowest BCUT2D eigenvalue weighted by Crippen LogP contribution is -2.25. The van der Waals surface area contributed by atoms with Crippen molar-refractivity contribution in [2.75, 3.05) is 18.5 Å². The number of unbranched alkanes of at least 4 members (excludes halogenated alkanes) is 1. The molecule has 0 aliphatic heterocycles. The number of aryl methyl sites for hydroxylation is 2. The van der Waals surface area contributed by atoms with E-state index < -0.39 is 11.9 Å². The number of fused-ring (bicyclic) bond motifs is 1. The molecule has 0 atom stereocenters.